The molecule has 0 spiro atoms. The Morgan fingerprint density at radius 3 is 2.26 bits per heavy atom. The molecule has 0 unspecified atom stereocenters. The van der Waals surface area contributed by atoms with E-state index < -0.39 is 11.8 Å². The van der Waals surface area contributed by atoms with Crippen molar-refractivity contribution in [2.75, 3.05) is 0 Å². The number of nitrogens with zero attached hydrogens (tertiary/aromatic N) is 1. The molecule has 0 aliphatic heterocycles. The van der Waals surface area contributed by atoms with E-state index in [1.165, 1.54) is 6.07 Å². The van der Waals surface area contributed by atoms with E-state index in [0.29, 0.717) is 51.6 Å². The summed E-state index contributed by atoms with van der Waals surface area (Å²) in [6, 6.07) is 23.6. The predicted molar refractivity (Wildman–Crippen MR) is 149 cm³/mol. The first-order valence-corrected chi connectivity index (χ1v) is 12.8. The summed E-state index contributed by atoms with van der Waals surface area (Å²) in [6.45, 7) is 1.75. The highest BCUT2D eigenvalue weighted by Gasteiger charge is 2.28. The smallest absolute Gasteiger partial charge is 0.305 e. The van der Waals surface area contributed by atoms with E-state index >= 15 is 0 Å². The number of carbonyl (C=O) groups is 3. The van der Waals surface area contributed by atoms with Gasteiger partial charge in [0.25, 0.3) is 11.8 Å². The molecule has 4 aromatic rings. The summed E-state index contributed by atoms with van der Waals surface area (Å²) >= 11 is 5.93. The van der Waals surface area contributed by atoms with Crippen LogP contribution >= 0.6 is 11.6 Å². The van der Waals surface area contributed by atoms with E-state index in [9.17, 15) is 14.4 Å². The van der Waals surface area contributed by atoms with Gasteiger partial charge in [-0.05, 0) is 61.2 Å². The van der Waals surface area contributed by atoms with Crippen LogP contribution in [0.5, 0.6) is 0 Å². The summed E-state index contributed by atoms with van der Waals surface area (Å²) in [5, 5.41) is 4.79. The third-order valence-corrected chi connectivity index (χ3v) is 6.69. The second-order valence-electron chi connectivity index (χ2n) is 9.07. The number of furan rings is 1. The monoisotopic (exact) mass is 540 g/mol. The number of hydrogen-bond donors (Lipinski definition) is 3. The Kier molecular flexibility index (Phi) is 7.56. The number of fused-ring (bicyclic) bond motifs is 1. The van der Waals surface area contributed by atoms with E-state index in [2.05, 4.69) is 21.4 Å². The molecule has 39 heavy (non-hydrogen) atoms. The molecule has 0 atom stereocenters. The van der Waals surface area contributed by atoms with Crippen LogP contribution in [0, 0.1) is 6.92 Å². The number of halogens is 1. The maximum Gasteiger partial charge on any atom is 0.305 e. The van der Waals surface area contributed by atoms with Crippen LogP contribution in [0.4, 0.5) is 0 Å². The maximum absolute atomic E-state index is 12.8. The zero-order valence-corrected chi connectivity index (χ0v) is 21.8. The normalized spacial score (nSPS) is 13.4. The lowest BCUT2D eigenvalue weighted by Gasteiger charge is -2.13. The molecule has 1 aliphatic rings. The minimum absolute atomic E-state index is 0.0730. The summed E-state index contributed by atoms with van der Waals surface area (Å²) in [5.41, 5.74) is 12.2. The number of hydrogen-bond acceptors (Lipinski definition) is 5. The molecule has 8 nitrogen and oxygen atoms in total. The quantitative estimate of drug-likeness (QED) is 0.292. The summed E-state index contributed by atoms with van der Waals surface area (Å²) in [6.07, 6.45) is 2.01. The van der Waals surface area contributed by atoms with Gasteiger partial charge >= 0.3 is 5.91 Å². The van der Waals surface area contributed by atoms with Crippen molar-refractivity contribution in [1.82, 2.24) is 16.3 Å². The van der Waals surface area contributed by atoms with Crippen LogP contribution < -0.4 is 16.3 Å². The molecule has 5 rings (SSSR count). The summed E-state index contributed by atoms with van der Waals surface area (Å²) in [7, 11) is 0. The fraction of sp³-hybridized carbons (Fsp3) is 0.133. The molecule has 0 saturated heterocycles. The lowest BCUT2D eigenvalue weighted by Crippen LogP contribution is -2.41. The van der Waals surface area contributed by atoms with Crippen molar-refractivity contribution in [3.8, 4) is 11.1 Å². The van der Waals surface area contributed by atoms with Crippen molar-refractivity contribution in [3.63, 3.8) is 0 Å². The SMILES string of the molecule is Cc1c(C(=O)NNC(=O)c2cccc(Cl)c2)oc2c1/C(=N/NC(=O)c1ccc(-c3ccccc3)cc1)CCC2. The Bertz CT molecular complexity index is 1580. The molecular formula is C30H25ClN4O4. The van der Waals surface area contributed by atoms with Gasteiger partial charge in [-0.1, -0.05) is 60.1 Å². The van der Waals surface area contributed by atoms with Crippen LogP contribution in [0.1, 0.15) is 61.0 Å². The van der Waals surface area contributed by atoms with Gasteiger partial charge < -0.3 is 4.42 Å². The minimum atomic E-state index is -0.598. The van der Waals surface area contributed by atoms with E-state index in [1.54, 1.807) is 37.3 Å². The van der Waals surface area contributed by atoms with Crippen molar-refractivity contribution < 1.29 is 18.8 Å². The number of aryl methyl sites for hydroxylation is 1. The third kappa shape index (κ3) is 5.76. The fourth-order valence-corrected chi connectivity index (χ4v) is 4.69. The molecule has 1 aromatic heterocycles. The molecule has 3 aromatic carbocycles. The van der Waals surface area contributed by atoms with Crippen LogP contribution in [0.25, 0.3) is 11.1 Å². The number of carbonyl (C=O) groups excluding carboxylic acids is 3. The van der Waals surface area contributed by atoms with Gasteiger partial charge in [-0.3, -0.25) is 25.2 Å². The van der Waals surface area contributed by atoms with Crippen LogP contribution in [-0.2, 0) is 6.42 Å². The van der Waals surface area contributed by atoms with Gasteiger partial charge in [-0.15, -0.1) is 0 Å². The van der Waals surface area contributed by atoms with Crippen LogP contribution in [0.3, 0.4) is 0 Å². The summed E-state index contributed by atoms with van der Waals surface area (Å²) < 4.78 is 5.85. The van der Waals surface area contributed by atoms with E-state index in [1.807, 2.05) is 42.5 Å². The Balaban J connectivity index is 1.27. The highest BCUT2D eigenvalue weighted by atomic mass is 35.5. The Hall–Kier alpha value is -4.69. The average Bonchev–Trinajstić information content (AvgIpc) is 3.32. The number of benzene rings is 3. The molecule has 3 N–H and O–H groups in total. The second-order valence-corrected chi connectivity index (χ2v) is 9.51. The first-order chi connectivity index (χ1) is 18.9. The number of hydrazone groups is 1. The van der Waals surface area contributed by atoms with E-state index in [0.717, 1.165) is 17.5 Å². The lowest BCUT2D eigenvalue weighted by molar-refractivity contribution is 0.0829. The van der Waals surface area contributed by atoms with Crippen molar-refractivity contribution >= 4 is 35.0 Å². The van der Waals surface area contributed by atoms with E-state index in [-0.39, 0.29) is 11.7 Å². The molecule has 9 heteroatoms. The number of amides is 3. The van der Waals surface area contributed by atoms with Crippen LogP contribution in [-0.4, -0.2) is 23.4 Å². The number of nitrogens with one attached hydrogen (secondary N) is 3. The number of hydrazine groups is 1. The standard InChI is InChI=1S/C30H25ClN4O4/c1-18-26-24(32-33-28(36)21-15-13-20(14-16-21)19-7-3-2-4-8-19)11-6-12-25(26)39-27(18)30(38)35-34-29(37)22-9-5-10-23(31)17-22/h2-5,7-10,13-17H,6,11-12H2,1H3,(H,33,36)(H,34,37)(H,35,38)/b32-24+. The second kappa shape index (κ2) is 11.4. The van der Waals surface area contributed by atoms with Crippen LogP contribution in [0.2, 0.25) is 5.02 Å². The zero-order chi connectivity index (χ0) is 27.4. The summed E-state index contributed by atoms with van der Waals surface area (Å²) in [5.74, 6) is -0.757. The van der Waals surface area contributed by atoms with Gasteiger partial charge in [0.2, 0.25) is 0 Å². The molecule has 1 aliphatic carbocycles. The third-order valence-electron chi connectivity index (χ3n) is 6.45. The van der Waals surface area contributed by atoms with Gasteiger partial charge in [0, 0.05) is 33.7 Å². The summed E-state index contributed by atoms with van der Waals surface area (Å²) in [4.78, 5) is 37.9. The van der Waals surface area contributed by atoms with Crippen molar-refractivity contribution in [2.24, 2.45) is 5.10 Å². The predicted octanol–water partition coefficient (Wildman–Crippen LogP) is 5.45. The maximum atomic E-state index is 12.8. The molecule has 0 radical (unpaired) electrons. The zero-order valence-electron chi connectivity index (χ0n) is 21.1. The largest absolute Gasteiger partial charge is 0.455 e. The van der Waals surface area contributed by atoms with Gasteiger partial charge in [-0.2, -0.15) is 5.10 Å². The fourth-order valence-electron chi connectivity index (χ4n) is 4.50. The van der Waals surface area contributed by atoms with Gasteiger partial charge in [0.1, 0.15) is 5.76 Å². The molecule has 3 amide bonds. The number of rotatable bonds is 5. The van der Waals surface area contributed by atoms with Crippen molar-refractivity contribution in [2.45, 2.75) is 26.2 Å². The Morgan fingerprint density at radius 1 is 0.795 bits per heavy atom. The lowest BCUT2D eigenvalue weighted by atomic mass is 9.93. The van der Waals surface area contributed by atoms with Crippen molar-refractivity contribution in [1.29, 1.82) is 0 Å². The Labute approximate surface area is 230 Å². The Morgan fingerprint density at radius 2 is 1.51 bits per heavy atom. The van der Waals surface area contributed by atoms with Crippen LogP contribution in [0.15, 0.2) is 88.4 Å². The average molecular weight is 541 g/mol. The molecule has 0 saturated carbocycles. The molecule has 0 fully saturated rings. The minimum Gasteiger partial charge on any atom is -0.455 e. The molecular weight excluding hydrogens is 516 g/mol. The molecule has 0 bridgehead atoms. The highest BCUT2D eigenvalue weighted by Crippen LogP contribution is 2.30. The van der Waals surface area contributed by atoms with Gasteiger partial charge in [0.15, 0.2) is 5.76 Å². The topological polar surface area (TPSA) is 113 Å². The van der Waals surface area contributed by atoms with E-state index in [4.69, 9.17) is 16.0 Å². The van der Waals surface area contributed by atoms with Crippen molar-refractivity contribution in [3.05, 3.63) is 118 Å². The molecule has 196 valence electrons. The van der Waals surface area contributed by atoms with Gasteiger partial charge in [-0.25, -0.2) is 5.43 Å². The first kappa shape index (κ1) is 25.9. The first-order valence-electron chi connectivity index (χ1n) is 12.4. The molecule has 1 heterocycles. The van der Waals surface area contributed by atoms with Gasteiger partial charge in [0.05, 0.1) is 5.71 Å². The highest BCUT2D eigenvalue weighted by molar-refractivity contribution is 6.31.